The van der Waals surface area contributed by atoms with Gasteiger partial charge in [0.25, 0.3) is 5.91 Å². The van der Waals surface area contributed by atoms with Crippen molar-refractivity contribution in [3.63, 3.8) is 0 Å². The quantitative estimate of drug-likeness (QED) is 0.856. The lowest BCUT2D eigenvalue weighted by atomic mass is 10.1. The van der Waals surface area contributed by atoms with Gasteiger partial charge in [-0.15, -0.1) is 13.2 Å². The fourth-order valence-corrected chi connectivity index (χ4v) is 2.45. The molecule has 1 aliphatic rings. The van der Waals surface area contributed by atoms with Crippen molar-refractivity contribution in [3.8, 4) is 5.75 Å². The van der Waals surface area contributed by atoms with Crippen LogP contribution >= 0.6 is 0 Å². The number of hydrogen-bond acceptors (Lipinski definition) is 3. The Bertz CT molecular complexity index is 694. The lowest BCUT2D eigenvalue weighted by Gasteiger charge is -2.31. The topological polar surface area (TPSA) is 47.4 Å². The molecule has 1 amide bonds. The zero-order chi connectivity index (χ0) is 15.9. The van der Waals surface area contributed by atoms with Crippen LogP contribution in [-0.4, -0.2) is 28.6 Å². The van der Waals surface area contributed by atoms with Crippen LogP contribution in [0.15, 0.2) is 36.5 Å². The van der Waals surface area contributed by atoms with Crippen molar-refractivity contribution in [1.29, 1.82) is 0 Å². The number of halogens is 3. The van der Waals surface area contributed by atoms with Gasteiger partial charge in [0.05, 0.1) is 6.04 Å². The second-order valence-corrected chi connectivity index (χ2v) is 4.97. The van der Waals surface area contributed by atoms with Gasteiger partial charge in [-0.25, -0.2) is 0 Å². The monoisotopic (exact) mass is 311 g/mol. The Morgan fingerprint density at radius 3 is 2.55 bits per heavy atom. The third kappa shape index (κ3) is 2.63. The van der Waals surface area contributed by atoms with E-state index in [0.717, 1.165) is 0 Å². The van der Waals surface area contributed by atoms with Crippen molar-refractivity contribution in [2.24, 2.45) is 0 Å². The molecular formula is C14H12F3N3O2. The Morgan fingerprint density at radius 1 is 1.23 bits per heavy atom. The lowest BCUT2D eigenvalue weighted by molar-refractivity contribution is -0.274. The number of benzene rings is 1. The van der Waals surface area contributed by atoms with Gasteiger partial charge in [-0.1, -0.05) is 0 Å². The van der Waals surface area contributed by atoms with Crippen LogP contribution in [0.2, 0.25) is 0 Å². The molecule has 22 heavy (non-hydrogen) atoms. The van der Waals surface area contributed by atoms with Crippen LogP contribution in [0.5, 0.6) is 5.75 Å². The third-order valence-electron chi connectivity index (χ3n) is 3.38. The molecule has 2 heterocycles. The number of aromatic nitrogens is 2. The lowest BCUT2D eigenvalue weighted by Crippen LogP contribution is -2.42. The van der Waals surface area contributed by atoms with Gasteiger partial charge >= 0.3 is 6.36 Å². The van der Waals surface area contributed by atoms with Crippen molar-refractivity contribution < 1.29 is 22.7 Å². The second kappa shape index (κ2) is 5.04. The zero-order valence-electron chi connectivity index (χ0n) is 11.5. The minimum absolute atomic E-state index is 0.0196. The molecule has 0 N–H and O–H groups in total. The summed E-state index contributed by atoms with van der Waals surface area (Å²) in [6.45, 7) is 2.31. The van der Waals surface area contributed by atoms with Crippen molar-refractivity contribution >= 4 is 11.6 Å². The molecule has 0 aliphatic carbocycles. The van der Waals surface area contributed by atoms with E-state index >= 15 is 0 Å². The van der Waals surface area contributed by atoms with Gasteiger partial charge in [-0.05, 0) is 37.3 Å². The zero-order valence-corrected chi connectivity index (χ0v) is 11.5. The van der Waals surface area contributed by atoms with Crippen LogP contribution in [0.3, 0.4) is 0 Å². The summed E-state index contributed by atoms with van der Waals surface area (Å²) in [5.41, 5.74) is 0.966. The molecular weight excluding hydrogens is 299 g/mol. The molecule has 116 valence electrons. The van der Waals surface area contributed by atoms with Gasteiger partial charge in [0.2, 0.25) is 0 Å². The highest BCUT2D eigenvalue weighted by Gasteiger charge is 2.32. The summed E-state index contributed by atoms with van der Waals surface area (Å²) in [6.07, 6.45) is -3.18. The first-order chi connectivity index (χ1) is 10.3. The minimum atomic E-state index is -4.73. The number of rotatable bonds is 2. The van der Waals surface area contributed by atoms with E-state index in [1.54, 1.807) is 16.9 Å². The largest absolute Gasteiger partial charge is 0.573 e. The summed E-state index contributed by atoms with van der Waals surface area (Å²) >= 11 is 0. The number of ether oxygens (including phenoxy) is 1. The number of carbonyl (C=O) groups excluding carboxylic acids is 1. The maximum absolute atomic E-state index is 12.4. The molecule has 1 atom stereocenters. The van der Waals surface area contributed by atoms with Gasteiger partial charge in [0.1, 0.15) is 11.4 Å². The predicted octanol–water partition coefficient (Wildman–Crippen LogP) is 3.00. The Labute approximate surface area is 123 Å². The third-order valence-corrected chi connectivity index (χ3v) is 3.38. The molecule has 3 rings (SSSR count). The summed E-state index contributed by atoms with van der Waals surface area (Å²) in [5, 5.41) is 4.09. The summed E-state index contributed by atoms with van der Waals surface area (Å²) in [7, 11) is 0. The molecule has 0 spiro atoms. The smallest absolute Gasteiger partial charge is 0.406 e. The van der Waals surface area contributed by atoms with Crippen molar-refractivity contribution in [2.45, 2.75) is 19.3 Å². The van der Waals surface area contributed by atoms with Crippen molar-refractivity contribution in [3.05, 3.63) is 42.2 Å². The Kier molecular flexibility index (Phi) is 3.31. The molecule has 2 aromatic rings. The molecule has 0 fully saturated rings. The molecule has 0 bridgehead atoms. The van der Waals surface area contributed by atoms with Gasteiger partial charge in [-0.2, -0.15) is 5.10 Å². The highest BCUT2D eigenvalue weighted by atomic mass is 19.4. The normalized spacial score (nSPS) is 18.3. The van der Waals surface area contributed by atoms with Crippen LogP contribution in [0, 0.1) is 0 Å². The first-order valence-electron chi connectivity index (χ1n) is 6.56. The molecule has 1 aromatic carbocycles. The van der Waals surface area contributed by atoms with Gasteiger partial charge in [0.15, 0.2) is 0 Å². The first kappa shape index (κ1) is 14.4. The van der Waals surface area contributed by atoms with E-state index in [-0.39, 0.29) is 17.7 Å². The van der Waals surface area contributed by atoms with Crippen molar-refractivity contribution in [1.82, 2.24) is 9.78 Å². The number of nitrogens with zero attached hydrogens (tertiary/aromatic N) is 3. The average Bonchev–Trinajstić information content (AvgIpc) is 2.92. The first-order valence-corrected chi connectivity index (χ1v) is 6.56. The highest BCUT2D eigenvalue weighted by molar-refractivity contribution is 6.05. The number of amides is 1. The molecule has 0 radical (unpaired) electrons. The molecule has 1 aromatic heterocycles. The van der Waals surface area contributed by atoms with Gasteiger partial charge in [-0.3, -0.25) is 9.48 Å². The van der Waals surface area contributed by atoms with Gasteiger partial charge < -0.3 is 9.64 Å². The number of fused-ring (bicyclic) bond motifs is 1. The average molecular weight is 311 g/mol. The molecule has 0 saturated heterocycles. The van der Waals surface area contributed by atoms with E-state index in [9.17, 15) is 18.0 Å². The standard InChI is InChI=1S/C14H12F3N3O2/c1-9-8-19(13(21)12-6-7-18-20(9)12)10-2-4-11(5-3-10)22-14(15,16)17/h2-7,9H,8H2,1H3/t9-/m0/s1. The van der Waals surface area contributed by atoms with E-state index < -0.39 is 6.36 Å². The minimum Gasteiger partial charge on any atom is -0.406 e. The number of anilines is 1. The molecule has 8 heteroatoms. The maximum atomic E-state index is 12.4. The number of hydrogen-bond donors (Lipinski definition) is 0. The van der Waals surface area contributed by atoms with E-state index in [4.69, 9.17) is 0 Å². The Balaban J connectivity index is 1.85. The molecule has 0 unspecified atom stereocenters. The van der Waals surface area contributed by atoms with Crippen LogP contribution < -0.4 is 9.64 Å². The summed E-state index contributed by atoms with van der Waals surface area (Å²) in [5.74, 6) is -0.557. The second-order valence-electron chi connectivity index (χ2n) is 4.97. The Morgan fingerprint density at radius 2 is 1.91 bits per heavy atom. The summed E-state index contributed by atoms with van der Waals surface area (Å²) in [4.78, 5) is 13.9. The predicted molar refractivity (Wildman–Crippen MR) is 71.7 cm³/mol. The van der Waals surface area contributed by atoms with Crippen LogP contribution in [0.4, 0.5) is 18.9 Å². The highest BCUT2D eigenvalue weighted by Crippen LogP contribution is 2.29. The van der Waals surface area contributed by atoms with E-state index in [0.29, 0.717) is 17.9 Å². The molecule has 1 aliphatic heterocycles. The molecule has 0 saturated carbocycles. The van der Waals surface area contributed by atoms with Crippen LogP contribution in [-0.2, 0) is 0 Å². The van der Waals surface area contributed by atoms with Crippen LogP contribution in [0.1, 0.15) is 23.5 Å². The van der Waals surface area contributed by atoms with E-state index in [1.807, 2.05) is 6.92 Å². The van der Waals surface area contributed by atoms with Crippen LogP contribution in [0.25, 0.3) is 0 Å². The van der Waals surface area contributed by atoms with E-state index in [2.05, 4.69) is 9.84 Å². The SMILES string of the molecule is C[C@H]1CN(c2ccc(OC(F)(F)F)cc2)C(=O)c2ccnn21. The number of alkyl halides is 3. The maximum Gasteiger partial charge on any atom is 0.573 e. The fraction of sp³-hybridized carbons (Fsp3) is 0.286. The summed E-state index contributed by atoms with van der Waals surface area (Å²) in [6, 6.07) is 6.83. The fourth-order valence-electron chi connectivity index (χ4n) is 2.45. The summed E-state index contributed by atoms with van der Waals surface area (Å²) < 4.78 is 41.9. The van der Waals surface area contributed by atoms with E-state index in [1.165, 1.54) is 29.2 Å². The van der Waals surface area contributed by atoms with Gasteiger partial charge in [0, 0.05) is 18.4 Å². The molecule has 5 nitrogen and oxygen atoms in total. The number of carbonyl (C=O) groups is 1. The van der Waals surface area contributed by atoms with Crippen molar-refractivity contribution in [2.75, 3.05) is 11.4 Å². The Hall–Kier alpha value is -2.51.